The number of halogens is 1. The van der Waals surface area contributed by atoms with Crippen LogP contribution < -0.4 is 10.1 Å². The second kappa shape index (κ2) is 3.24. The number of hydrogen-bond acceptors (Lipinski definition) is 2. The minimum absolute atomic E-state index is 0.416. The zero-order valence-electron chi connectivity index (χ0n) is 7.51. The molecular weight excluding hydrogens is 169 g/mol. The lowest BCUT2D eigenvalue weighted by Crippen LogP contribution is -2.23. The summed E-state index contributed by atoms with van der Waals surface area (Å²) in [6, 6.07) is 5.69. The van der Waals surface area contributed by atoms with Crippen LogP contribution in [0, 0.1) is 0 Å². The highest BCUT2D eigenvalue weighted by molar-refractivity contribution is 5.56. The molecule has 0 fully saturated rings. The lowest BCUT2D eigenvalue weighted by Gasteiger charge is -2.21. The van der Waals surface area contributed by atoms with Gasteiger partial charge in [-0.2, -0.15) is 0 Å². The van der Waals surface area contributed by atoms with Crippen LogP contribution in [-0.2, 0) is 6.42 Å². The second-order valence-corrected chi connectivity index (χ2v) is 3.21. The third-order valence-electron chi connectivity index (χ3n) is 2.27. The number of ether oxygens (including phenoxy) is 1. The second-order valence-electron chi connectivity index (χ2n) is 3.21. The zero-order chi connectivity index (χ0) is 9.26. The van der Waals surface area contributed by atoms with E-state index in [2.05, 4.69) is 5.32 Å². The van der Waals surface area contributed by atoms with Gasteiger partial charge in [-0.05, 0) is 23.8 Å². The summed E-state index contributed by atoms with van der Waals surface area (Å²) in [4.78, 5) is 0. The Morgan fingerprint density at radius 3 is 3.15 bits per heavy atom. The molecule has 0 amide bonds. The van der Waals surface area contributed by atoms with Gasteiger partial charge in [-0.1, -0.05) is 0 Å². The maximum atomic E-state index is 13.0. The van der Waals surface area contributed by atoms with Crippen LogP contribution in [0.5, 0.6) is 5.75 Å². The molecule has 1 aliphatic rings. The summed E-state index contributed by atoms with van der Waals surface area (Å²) in [6.07, 6.45) is -0.292. The zero-order valence-corrected chi connectivity index (χ0v) is 7.51. The maximum absolute atomic E-state index is 13.0. The average Bonchev–Trinajstić information content (AvgIpc) is 2.16. The number of fused-ring (bicyclic) bond motifs is 1. The molecule has 1 heterocycles. The molecule has 70 valence electrons. The van der Waals surface area contributed by atoms with Crippen molar-refractivity contribution >= 4 is 5.69 Å². The molecule has 0 saturated heterocycles. The van der Waals surface area contributed by atoms with Gasteiger partial charge in [-0.3, -0.25) is 0 Å². The molecule has 0 aliphatic carbocycles. The summed E-state index contributed by atoms with van der Waals surface area (Å²) in [5.74, 6) is 0.787. The molecule has 1 unspecified atom stereocenters. The van der Waals surface area contributed by atoms with Gasteiger partial charge in [0.1, 0.15) is 11.9 Å². The summed E-state index contributed by atoms with van der Waals surface area (Å²) < 4.78 is 18.1. The van der Waals surface area contributed by atoms with Crippen molar-refractivity contribution in [1.29, 1.82) is 0 Å². The average molecular weight is 181 g/mol. The third kappa shape index (κ3) is 1.59. The Morgan fingerprint density at radius 1 is 1.54 bits per heavy atom. The Bertz CT molecular complexity index is 314. The predicted octanol–water partition coefficient (Wildman–Crippen LogP) is 2.00. The fraction of sp³-hybridized carbons (Fsp3) is 0.400. The minimum atomic E-state index is -0.778. The van der Waals surface area contributed by atoms with Crippen LogP contribution in [0.3, 0.4) is 0 Å². The Labute approximate surface area is 76.7 Å². The normalized spacial score (nSPS) is 20.3. The van der Waals surface area contributed by atoms with Gasteiger partial charge in [0.15, 0.2) is 0 Å². The van der Waals surface area contributed by atoms with E-state index in [0.29, 0.717) is 13.0 Å². The molecule has 2 nitrogen and oxygen atoms in total. The topological polar surface area (TPSA) is 21.3 Å². The van der Waals surface area contributed by atoms with E-state index in [0.717, 1.165) is 17.0 Å². The van der Waals surface area contributed by atoms with Gasteiger partial charge < -0.3 is 10.1 Å². The van der Waals surface area contributed by atoms with Crippen molar-refractivity contribution in [3.8, 4) is 5.75 Å². The van der Waals surface area contributed by atoms with Crippen molar-refractivity contribution in [2.24, 2.45) is 0 Å². The van der Waals surface area contributed by atoms with Crippen molar-refractivity contribution < 1.29 is 9.13 Å². The predicted molar refractivity (Wildman–Crippen MR) is 50.1 cm³/mol. The van der Waals surface area contributed by atoms with E-state index in [1.54, 1.807) is 7.11 Å². The first-order valence-electron chi connectivity index (χ1n) is 4.34. The highest BCUT2D eigenvalue weighted by atomic mass is 19.1. The molecule has 0 aromatic heterocycles. The highest BCUT2D eigenvalue weighted by Crippen LogP contribution is 2.26. The van der Waals surface area contributed by atoms with E-state index < -0.39 is 6.17 Å². The molecule has 3 heteroatoms. The Hall–Kier alpha value is -1.25. The van der Waals surface area contributed by atoms with Crippen molar-refractivity contribution in [3.63, 3.8) is 0 Å². The van der Waals surface area contributed by atoms with Crippen LogP contribution in [0.25, 0.3) is 0 Å². The van der Waals surface area contributed by atoms with Gasteiger partial charge in [0.25, 0.3) is 0 Å². The standard InChI is InChI=1S/C10H12FNO/c1-13-9-2-3-10-7(5-9)4-8(11)6-12-10/h2-3,5,8,12H,4,6H2,1H3. The molecule has 1 aromatic rings. The van der Waals surface area contributed by atoms with E-state index in [1.807, 2.05) is 18.2 Å². The lowest BCUT2D eigenvalue weighted by atomic mass is 10.0. The summed E-state index contributed by atoms with van der Waals surface area (Å²) in [5, 5.41) is 3.03. The van der Waals surface area contributed by atoms with Crippen molar-refractivity contribution in [2.45, 2.75) is 12.6 Å². The van der Waals surface area contributed by atoms with Gasteiger partial charge in [-0.25, -0.2) is 4.39 Å². The fourth-order valence-electron chi connectivity index (χ4n) is 1.57. The number of anilines is 1. The van der Waals surface area contributed by atoms with Crippen LogP contribution in [-0.4, -0.2) is 19.8 Å². The largest absolute Gasteiger partial charge is 0.497 e. The summed E-state index contributed by atoms with van der Waals surface area (Å²) >= 11 is 0. The van der Waals surface area contributed by atoms with Crippen molar-refractivity contribution in [3.05, 3.63) is 23.8 Å². The van der Waals surface area contributed by atoms with Crippen LogP contribution in [0.1, 0.15) is 5.56 Å². The van der Waals surface area contributed by atoms with Crippen molar-refractivity contribution in [2.75, 3.05) is 19.0 Å². The smallest absolute Gasteiger partial charge is 0.121 e. The first-order chi connectivity index (χ1) is 6.29. The Kier molecular flexibility index (Phi) is 2.08. The Morgan fingerprint density at radius 2 is 2.38 bits per heavy atom. The quantitative estimate of drug-likeness (QED) is 0.715. The SMILES string of the molecule is COc1ccc2c(c1)CC(F)CN2. The van der Waals surface area contributed by atoms with Gasteiger partial charge >= 0.3 is 0 Å². The molecule has 0 bridgehead atoms. The summed E-state index contributed by atoms with van der Waals surface area (Å²) in [7, 11) is 1.62. The molecule has 1 aromatic carbocycles. The number of hydrogen-bond donors (Lipinski definition) is 1. The van der Waals surface area contributed by atoms with Crippen LogP contribution in [0.4, 0.5) is 10.1 Å². The van der Waals surface area contributed by atoms with E-state index in [9.17, 15) is 4.39 Å². The molecule has 0 saturated carbocycles. The number of benzene rings is 1. The summed E-state index contributed by atoms with van der Waals surface area (Å²) in [5.41, 5.74) is 2.02. The van der Waals surface area contributed by atoms with E-state index in [1.165, 1.54) is 0 Å². The van der Waals surface area contributed by atoms with E-state index >= 15 is 0 Å². The van der Waals surface area contributed by atoms with E-state index in [-0.39, 0.29) is 0 Å². The van der Waals surface area contributed by atoms with Gasteiger partial charge in [0, 0.05) is 18.7 Å². The van der Waals surface area contributed by atoms with E-state index in [4.69, 9.17) is 4.74 Å². The highest BCUT2D eigenvalue weighted by Gasteiger charge is 2.17. The van der Waals surface area contributed by atoms with Crippen LogP contribution in [0.15, 0.2) is 18.2 Å². The number of nitrogens with one attached hydrogen (secondary N) is 1. The first kappa shape index (κ1) is 8.35. The summed E-state index contributed by atoms with van der Waals surface area (Å²) in [6.45, 7) is 0.416. The lowest BCUT2D eigenvalue weighted by molar-refractivity contribution is 0.341. The molecule has 13 heavy (non-hydrogen) atoms. The fourth-order valence-corrected chi connectivity index (χ4v) is 1.57. The molecule has 0 radical (unpaired) electrons. The van der Waals surface area contributed by atoms with Crippen LogP contribution >= 0.6 is 0 Å². The van der Waals surface area contributed by atoms with Gasteiger partial charge in [-0.15, -0.1) is 0 Å². The Balaban J connectivity index is 2.32. The molecule has 1 aliphatic heterocycles. The molecule has 1 atom stereocenters. The van der Waals surface area contributed by atoms with Gasteiger partial charge in [0.2, 0.25) is 0 Å². The molecule has 2 rings (SSSR count). The van der Waals surface area contributed by atoms with Crippen molar-refractivity contribution in [1.82, 2.24) is 0 Å². The number of alkyl halides is 1. The molecule has 1 N–H and O–H groups in total. The molecular formula is C10H12FNO. The van der Waals surface area contributed by atoms with Crippen LogP contribution in [0.2, 0.25) is 0 Å². The third-order valence-corrected chi connectivity index (χ3v) is 2.27. The number of methoxy groups -OCH3 is 1. The number of rotatable bonds is 1. The molecule has 0 spiro atoms. The minimum Gasteiger partial charge on any atom is -0.497 e. The van der Waals surface area contributed by atoms with Gasteiger partial charge in [0.05, 0.1) is 7.11 Å². The first-order valence-corrected chi connectivity index (χ1v) is 4.34. The maximum Gasteiger partial charge on any atom is 0.121 e. The monoisotopic (exact) mass is 181 g/mol.